The van der Waals surface area contributed by atoms with E-state index >= 15 is 0 Å². The highest BCUT2D eigenvalue weighted by molar-refractivity contribution is 5.80. The van der Waals surface area contributed by atoms with E-state index in [4.69, 9.17) is 5.11 Å². The van der Waals surface area contributed by atoms with E-state index < -0.39 is 22.6 Å². The predicted molar refractivity (Wildman–Crippen MR) is 110 cm³/mol. The Labute approximate surface area is 173 Å². The molecule has 4 saturated carbocycles. The molecule has 0 aliphatic heterocycles. The number of fused-ring (bicyclic) bond motifs is 5. The number of carbonyl (C=O) groups is 1. The van der Waals surface area contributed by atoms with Crippen LogP contribution in [0.25, 0.3) is 0 Å². The number of aliphatic hydroxyl groups excluding tert-OH is 1. The molecule has 5 heteroatoms. The number of aliphatic carboxylic acids is 1. The van der Waals surface area contributed by atoms with Gasteiger partial charge < -0.3 is 20.4 Å². The number of rotatable bonds is 3. The van der Waals surface area contributed by atoms with E-state index in [1.165, 1.54) is 6.08 Å². The van der Waals surface area contributed by atoms with Crippen LogP contribution in [0.4, 0.5) is 0 Å². The van der Waals surface area contributed by atoms with Gasteiger partial charge in [-0.3, -0.25) is 0 Å². The molecule has 0 radical (unpaired) electrons. The first-order chi connectivity index (χ1) is 13.6. The van der Waals surface area contributed by atoms with Crippen molar-refractivity contribution in [2.24, 2.45) is 28.6 Å². The van der Waals surface area contributed by atoms with Crippen molar-refractivity contribution < 1.29 is 25.2 Å². The Bertz CT molecular complexity index is 731. The zero-order valence-corrected chi connectivity index (χ0v) is 17.7. The molecule has 0 saturated heterocycles. The molecule has 4 fully saturated rings. The lowest BCUT2D eigenvalue weighted by atomic mass is 9.43. The summed E-state index contributed by atoms with van der Waals surface area (Å²) in [5, 5.41) is 42.5. The maximum absolute atomic E-state index is 12.0. The Morgan fingerprint density at radius 1 is 0.931 bits per heavy atom. The van der Waals surface area contributed by atoms with Crippen LogP contribution in [0, 0.1) is 28.6 Å². The molecule has 0 spiro atoms. The van der Waals surface area contributed by atoms with Crippen LogP contribution in [0.2, 0.25) is 0 Å². The van der Waals surface area contributed by atoms with E-state index in [1.807, 2.05) is 6.92 Å². The molecular formula is C24H36O5. The first-order valence-electron chi connectivity index (χ1n) is 11.3. The second-order valence-corrected chi connectivity index (χ2v) is 10.7. The van der Waals surface area contributed by atoms with Crippen LogP contribution >= 0.6 is 0 Å². The summed E-state index contributed by atoms with van der Waals surface area (Å²) in [5.74, 6) is 0.125. The Morgan fingerprint density at radius 2 is 1.69 bits per heavy atom. The summed E-state index contributed by atoms with van der Waals surface area (Å²) in [6.07, 6.45) is 13.2. The van der Waals surface area contributed by atoms with Crippen LogP contribution in [-0.2, 0) is 4.79 Å². The van der Waals surface area contributed by atoms with Gasteiger partial charge in [0.1, 0.15) is 0 Å². The van der Waals surface area contributed by atoms with Crippen molar-refractivity contribution in [3.8, 4) is 0 Å². The minimum absolute atomic E-state index is 0.167. The van der Waals surface area contributed by atoms with E-state index in [2.05, 4.69) is 6.92 Å². The SMILES string of the molecule is C[C@]12CC[C@H](O)C[C@H]1CC[C@@H]1[C@@H]2CC[C@]2(C)[C@](O)(/C=C/C=C/C(=O)O)CC[C@]12O. The van der Waals surface area contributed by atoms with Gasteiger partial charge in [0.2, 0.25) is 0 Å². The minimum Gasteiger partial charge on any atom is -0.478 e. The van der Waals surface area contributed by atoms with Gasteiger partial charge in [0.15, 0.2) is 0 Å². The molecule has 0 unspecified atom stereocenters. The lowest BCUT2D eigenvalue weighted by molar-refractivity contribution is -0.227. The largest absolute Gasteiger partial charge is 0.478 e. The van der Waals surface area contributed by atoms with Crippen LogP contribution in [-0.4, -0.2) is 43.7 Å². The lowest BCUT2D eigenvalue weighted by Crippen LogP contribution is -2.65. The average molecular weight is 405 g/mol. The average Bonchev–Trinajstić information content (AvgIpc) is 2.87. The fourth-order valence-electron chi connectivity index (χ4n) is 7.88. The van der Waals surface area contributed by atoms with Gasteiger partial charge in [-0.15, -0.1) is 0 Å². The van der Waals surface area contributed by atoms with Crippen molar-refractivity contribution in [3.05, 3.63) is 24.3 Å². The first-order valence-corrected chi connectivity index (χ1v) is 11.3. The maximum Gasteiger partial charge on any atom is 0.328 e. The van der Waals surface area contributed by atoms with E-state index in [9.17, 15) is 20.1 Å². The molecule has 0 aromatic carbocycles. The van der Waals surface area contributed by atoms with Gasteiger partial charge in [-0.25, -0.2) is 4.79 Å². The Balaban J connectivity index is 1.62. The smallest absolute Gasteiger partial charge is 0.328 e. The highest BCUT2D eigenvalue weighted by Gasteiger charge is 2.70. The van der Waals surface area contributed by atoms with Crippen LogP contribution < -0.4 is 0 Å². The minimum atomic E-state index is -1.13. The van der Waals surface area contributed by atoms with Gasteiger partial charge in [0.25, 0.3) is 0 Å². The molecule has 4 N–H and O–H groups in total. The van der Waals surface area contributed by atoms with Crippen LogP contribution in [0.3, 0.4) is 0 Å². The third-order valence-corrected chi connectivity index (χ3v) is 9.75. The number of allylic oxidation sites excluding steroid dienone is 2. The van der Waals surface area contributed by atoms with Crippen molar-refractivity contribution >= 4 is 5.97 Å². The summed E-state index contributed by atoms with van der Waals surface area (Å²) in [7, 11) is 0. The van der Waals surface area contributed by atoms with Gasteiger partial charge in [-0.05, 0) is 81.0 Å². The topological polar surface area (TPSA) is 98.0 Å². The third-order valence-electron chi connectivity index (χ3n) is 9.75. The number of carboxylic acid groups (broad SMARTS) is 1. The summed E-state index contributed by atoms with van der Waals surface area (Å²) in [5.41, 5.74) is -2.50. The van der Waals surface area contributed by atoms with E-state index in [-0.39, 0.29) is 17.4 Å². The fraction of sp³-hybridized carbons (Fsp3) is 0.792. The summed E-state index contributed by atoms with van der Waals surface area (Å²) in [4.78, 5) is 10.7. The molecule has 4 rings (SSSR count). The van der Waals surface area contributed by atoms with Gasteiger partial charge in [-0.2, -0.15) is 0 Å². The van der Waals surface area contributed by atoms with Gasteiger partial charge in [0.05, 0.1) is 17.3 Å². The van der Waals surface area contributed by atoms with Gasteiger partial charge in [0, 0.05) is 11.5 Å². The first kappa shape index (κ1) is 21.1. The Morgan fingerprint density at radius 3 is 2.41 bits per heavy atom. The molecule has 5 nitrogen and oxygen atoms in total. The molecule has 0 aromatic heterocycles. The van der Waals surface area contributed by atoms with E-state index in [0.717, 1.165) is 51.0 Å². The highest BCUT2D eigenvalue weighted by atomic mass is 16.4. The molecule has 4 aliphatic carbocycles. The molecule has 162 valence electrons. The van der Waals surface area contributed by atoms with Crippen molar-refractivity contribution in [3.63, 3.8) is 0 Å². The van der Waals surface area contributed by atoms with Crippen molar-refractivity contribution in [1.29, 1.82) is 0 Å². The lowest BCUT2D eigenvalue weighted by Gasteiger charge is -2.64. The second kappa shape index (κ2) is 6.93. The number of hydrogen-bond acceptors (Lipinski definition) is 4. The molecule has 0 heterocycles. The van der Waals surface area contributed by atoms with E-state index in [0.29, 0.717) is 24.7 Å². The molecule has 29 heavy (non-hydrogen) atoms. The Kier molecular flexibility index (Phi) is 5.04. The van der Waals surface area contributed by atoms with Crippen molar-refractivity contribution in [2.75, 3.05) is 0 Å². The van der Waals surface area contributed by atoms with Crippen LogP contribution in [0.5, 0.6) is 0 Å². The Hall–Kier alpha value is -1.17. The zero-order valence-electron chi connectivity index (χ0n) is 17.7. The number of aliphatic hydroxyl groups is 3. The molecule has 4 aliphatic rings. The van der Waals surface area contributed by atoms with Gasteiger partial charge in [-0.1, -0.05) is 32.1 Å². The maximum atomic E-state index is 12.0. The monoisotopic (exact) mass is 404 g/mol. The standard InChI is InChI=1S/C24H36O5/c1-21-11-8-17(25)15-16(21)6-7-19-18(21)9-12-22(2)23(28,13-14-24(19,22)29)10-4-3-5-20(26)27/h3-5,10,16-19,25,28-29H,6-9,11-15H2,1-2H3,(H,26,27)/b5-3+,10-4+/t16-,17+,18+,19-,21+,22-,23+,24+/m1/s1. The highest BCUT2D eigenvalue weighted by Crippen LogP contribution is 2.70. The van der Waals surface area contributed by atoms with Crippen LogP contribution in [0.15, 0.2) is 24.3 Å². The molecule has 8 atom stereocenters. The molecule has 0 aromatic rings. The quantitative estimate of drug-likeness (QED) is 0.427. The molecule has 0 amide bonds. The van der Waals surface area contributed by atoms with Crippen molar-refractivity contribution in [1.82, 2.24) is 0 Å². The molecular weight excluding hydrogens is 368 g/mol. The zero-order chi connectivity index (χ0) is 21.1. The molecule has 0 bridgehead atoms. The van der Waals surface area contributed by atoms with E-state index in [1.54, 1.807) is 12.2 Å². The summed E-state index contributed by atoms with van der Waals surface area (Å²) in [6, 6.07) is 0. The third kappa shape index (κ3) is 2.95. The van der Waals surface area contributed by atoms with Gasteiger partial charge >= 0.3 is 5.97 Å². The van der Waals surface area contributed by atoms with Crippen molar-refractivity contribution in [2.45, 2.75) is 88.9 Å². The number of carboxylic acids is 1. The van der Waals surface area contributed by atoms with Crippen LogP contribution in [0.1, 0.15) is 71.6 Å². The normalized spacial score (nSPS) is 52.3. The summed E-state index contributed by atoms with van der Waals surface area (Å²) < 4.78 is 0. The number of hydrogen-bond donors (Lipinski definition) is 4. The second-order valence-electron chi connectivity index (χ2n) is 10.7. The predicted octanol–water partition coefficient (Wildman–Crippen LogP) is 3.43. The summed E-state index contributed by atoms with van der Waals surface area (Å²) in [6.45, 7) is 4.41. The fourth-order valence-corrected chi connectivity index (χ4v) is 7.88. The summed E-state index contributed by atoms with van der Waals surface area (Å²) >= 11 is 0.